The SMILES string of the molecule is CCn1cnnc1C1CCN(C(=O)c2csc(C(C)C)n2)CC1. The second-order valence-corrected chi connectivity index (χ2v) is 7.16. The van der Waals surface area contributed by atoms with Crippen molar-refractivity contribution in [1.29, 1.82) is 0 Å². The molecule has 0 radical (unpaired) electrons. The zero-order valence-electron chi connectivity index (χ0n) is 13.9. The van der Waals surface area contributed by atoms with Crippen molar-refractivity contribution in [3.05, 3.63) is 28.2 Å². The highest BCUT2D eigenvalue weighted by Gasteiger charge is 2.28. The van der Waals surface area contributed by atoms with Gasteiger partial charge in [0.05, 0.1) is 5.01 Å². The van der Waals surface area contributed by atoms with Crippen LogP contribution in [-0.2, 0) is 6.54 Å². The third kappa shape index (κ3) is 3.29. The highest BCUT2D eigenvalue weighted by atomic mass is 32.1. The summed E-state index contributed by atoms with van der Waals surface area (Å²) in [5, 5.41) is 11.2. The monoisotopic (exact) mass is 333 g/mol. The van der Waals surface area contributed by atoms with Crippen LogP contribution >= 0.6 is 11.3 Å². The number of aromatic nitrogens is 4. The van der Waals surface area contributed by atoms with Gasteiger partial charge in [-0.2, -0.15) is 0 Å². The lowest BCUT2D eigenvalue weighted by Gasteiger charge is -2.31. The van der Waals surface area contributed by atoms with Gasteiger partial charge in [0.1, 0.15) is 17.8 Å². The normalized spacial score (nSPS) is 16.3. The van der Waals surface area contributed by atoms with E-state index in [2.05, 4.69) is 40.5 Å². The topological polar surface area (TPSA) is 63.9 Å². The lowest BCUT2D eigenvalue weighted by atomic mass is 9.95. The van der Waals surface area contributed by atoms with Gasteiger partial charge in [0.15, 0.2) is 0 Å². The molecule has 0 saturated carbocycles. The number of nitrogens with zero attached hydrogens (tertiary/aromatic N) is 5. The van der Waals surface area contributed by atoms with Gasteiger partial charge in [0, 0.05) is 36.9 Å². The molecule has 3 rings (SSSR count). The van der Waals surface area contributed by atoms with E-state index < -0.39 is 0 Å². The Hall–Kier alpha value is -1.76. The average molecular weight is 333 g/mol. The lowest BCUT2D eigenvalue weighted by Crippen LogP contribution is -2.38. The molecule has 1 amide bonds. The molecule has 1 saturated heterocycles. The number of aryl methyl sites for hydroxylation is 1. The summed E-state index contributed by atoms with van der Waals surface area (Å²) >= 11 is 1.57. The number of thiazole rings is 1. The van der Waals surface area contributed by atoms with Gasteiger partial charge < -0.3 is 9.47 Å². The summed E-state index contributed by atoms with van der Waals surface area (Å²) in [6, 6.07) is 0. The molecular formula is C16H23N5OS. The van der Waals surface area contributed by atoms with Crippen LogP contribution in [0.15, 0.2) is 11.7 Å². The third-order valence-electron chi connectivity index (χ3n) is 4.37. The highest BCUT2D eigenvalue weighted by molar-refractivity contribution is 7.09. The maximum atomic E-state index is 12.6. The summed E-state index contributed by atoms with van der Waals surface area (Å²) < 4.78 is 2.09. The number of hydrogen-bond acceptors (Lipinski definition) is 5. The van der Waals surface area contributed by atoms with Crippen LogP contribution in [0.4, 0.5) is 0 Å². The molecular weight excluding hydrogens is 310 g/mol. The Labute approximate surface area is 140 Å². The Kier molecular flexibility index (Phi) is 4.75. The molecule has 1 aliphatic rings. The maximum Gasteiger partial charge on any atom is 0.273 e. The molecule has 0 atom stereocenters. The minimum atomic E-state index is 0.0589. The molecule has 0 aromatic carbocycles. The van der Waals surface area contributed by atoms with Crippen LogP contribution in [0.25, 0.3) is 0 Å². The molecule has 0 N–H and O–H groups in total. The summed E-state index contributed by atoms with van der Waals surface area (Å²) in [5.74, 6) is 1.87. The Morgan fingerprint density at radius 3 is 2.74 bits per heavy atom. The fourth-order valence-corrected chi connectivity index (χ4v) is 3.79. The van der Waals surface area contributed by atoms with E-state index in [0.717, 1.165) is 43.3 Å². The number of rotatable bonds is 4. The molecule has 7 heteroatoms. The fourth-order valence-electron chi connectivity index (χ4n) is 2.98. The molecule has 3 heterocycles. The van der Waals surface area contributed by atoms with Crippen molar-refractivity contribution in [2.75, 3.05) is 13.1 Å². The summed E-state index contributed by atoms with van der Waals surface area (Å²) in [6.07, 6.45) is 3.66. The number of carbonyl (C=O) groups is 1. The van der Waals surface area contributed by atoms with Gasteiger partial charge in [0.2, 0.25) is 0 Å². The van der Waals surface area contributed by atoms with E-state index in [9.17, 15) is 4.79 Å². The standard InChI is InChI=1S/C16H23N5OS/c1-4-20-10-17-19-14(20)12-5-7-21(8-6-12)16(22)13-9-23-15(18-13)11(2)3/h9-12H,4-8H2,1-3H3. The largest absolute Gasteiger partial charge is 0.337 e. The Morgan fingerprint density at radius 1 is 1.39 bits per heavy atom. The lowest BCUT2D eigenvalue weighted by molar-refractivity contribution is 0.0705. The molecule has 2 aromatic rings. The van der Waals surface area contributed by atoms with Crippen LogP contribution in [0, 0.1) is 0 Å². The zero-order chi connectivity index (χ0) is 16.4. The van der Waals surface area contributed by atoms with Crippen molar-refractivity contribution in [3.63, 3.8) is 0 Å². The van der Waals surface area contributed by atoms with Gasteiger partial charge in [-0.1, -0.05) is 13.8 Å². The molecule has 1 aliphatic heterocycles. The van der Waals surface area contributed by atoms with E-state index in [-0.39, 0.29) is 5.91 Å². The van der Waals surface area contributed by atoms with E-state index in [4.69, 9.17) is 0 Å². The van der Waals surface area contributed by atoms with E-state index in [0.29, 0.717) is 17.5 Å². The van der Waals surface area contributed by atoms with Crippen LogP contribution in [0.1, 0.15) is 66.8 Å². The van der Waals surface area contributed by atoms with Gasteiger partial charge >= 0.3 is 0 Å². The van der Waals surface area contributed by atoms with Crippen LogP contribution < -0.4 is 0 Å². The number of piperidine rings is 1. The molecule has 1 fully saturated rings. The Balaban J connectivity index is 1.63. The van der Waals surface area contributed by atoms with E-state index in [1.54, 1.807) is 17.7 Å². The molecule has 124 valence electrons. The first-order valence-corrected chi connectivity index (χ1v) is 9.10. The van der Waals surface area contributed by atoms with Crippen LogP contribution in [0.5, 0.6) is 0 Å². The smallest absolute Gasteiger partial charge is 0.273 e. The van der Waals surface area contributed by atoms with Gasteiger partial charge in [-0.05, 0) is 19.8 Å². The first-order chi connectivity index (χ1) is 11.1. The number of likely N-dealkylation sites (tertiary alicyclic amines) is 1. The second-order valence-electron chi connectivity index (χ2n) is 6.27. The first kappa shape index (κ1) is 16.1. The van der Waals surface area contributed by atoms with Crippen molar-refractivity contribution >= 4 is 17.2 Å². The molecule has 0 aliphatic carbocycles. The van der Waals surface area contributed by atoms with Crippen LogP contribution in [-0.4, -0.2) is 43.6 Å². The number of amides is 1. The van der Waals surface area contributed by atoms with E-state index >= 15 is 0 Å². The summed E-state index contributed by atoms with van der Waals surface area (Å²) in [4.78, 5) is 19.0. The number of hydrogen-bond donors (Lipinski definition) is 0. The summed E-state index contributed by atoms with van der Waals surface area (Å²) in [5.41, 5.74) is 0.592. The number of carbonyl (C=O) groups excluding carboxylic acids is 1. The van der Waals surface area contributed by atoms with Gasteiger partial charge in [0.25, 0.3) is 5.91 Å². The minimum Gasteiger partial charge on any atom is -0.337 e. The second kappa shape index (κ2) is 6.78. The molecule has 0 spiro atoms. The predicted octanol–water partition coefficient (Wildman–Crippen LogP) is 2.90. The van der Waals surface area contributed by atoms with Crippen LogP contribution in [0.2, 0.25) is 0 Å². The van der Waals surface area contributed by atoms with E-state index in [1.807, 2.05) is 10.3 Å². The zero-order valence-corrected chi connectivity index (χ0v) is 14.7. The van der Waals surface area contributed by atoms with Crippen molar-refractivity contribution in [3.8, 4) is 0 Å². The van der Waals surface area contributed by atoms with Crippen molar-refractivity contribution < 1.29 is 4.79 Å². The van der Waals surface area contributed by atoms with Crippen molar-refractivity contribution in [2.45, 2.75) is 52.0 Å². The minimum absolute atomic E-state index is 0.0589. The third-order valence-corrected chi connectivity index (χ3v) is 5.51. The van der Waals surface area contributed by atoms with Gasteiger partial charge in [-0.15, -0.1) is 21.5 Å². The van der Waals surface area contributed by atoms with E-state index in [1.165, 1.54) is 0 Å². The van der Waals surface area contributed by atoms with Crippen LogP contribution in [0.3, 0.4) is 0 Å². The maximum absolute atomic E-state index is 12.6. The summed E-state index contributed by atoms with van der Waals surface area (Å²) in [7, 11) is 0. The quantitative estimate of drug-likeness (QED) is 0.863. The van der Waals surface area contributed by atoms with Crippen molar-refractivity contribution in [1.82, 2.24) is 24.6 Å². The average Bonchev–Trinajstić information content (AvgIpc) is 3.23. The molecule has 0 unspecified atom stereocenters. The molecule has 0 bridgehead atoms. The van der Waals surface area contributed by atoms with Gasteiger partial charge in [-0.25, -0.2) is 4.98 Å². The predicted molar refractivity (Wildman–Crippen MR) is 89.8 cm³/mol. The Bertz CT molecular complexity index is 670. The van der Waals surface area contributed by atoms with Gasteiger partial charge in [-0.3, -0.25) is 4.79 Å². The highest BCUT2D eigenvalue weighted by Crippen LogP contribution is 2.28. The molecule has 2 aromatic heterocycles. The fraction of sp³-hybridized carbons (Fsp3) is 0.625. The molecule has 6 nitrogen and oxygen atoms in total. The Morgan fingerprint density at radius 2 is 2.13 bits per heavy atom. The molecule has 23 heavy (non-hydrogen) atoms. The van der Waals surface area contributed by atoms with Crippen molar-refractivity contribution in [2.24, 2.45) is 0 Å². The first-order valence-electron chi connectivity index (χ1n) is 8.22. The summed E-state index contributed by atoms with van der Waals surface area (Å²) in [6.45, 7) is 8.70.